The van der Waals surface area contributed by atoms with Crippen molar-refractivity contribution in [1.29, 1.82) is 0 Å². The Hall–Kier alpha value is -2.01. The lowest BCUT2D eigenvalue weighted by atomic mass is 9.94. The molecule has 112 valence electrons. The van der Waals surface area contributed by atoms with E-state index in [1.807, 2.05) is 24.3 Å². The van der Waals surface area contributed by atoms with Gasteiger partial charge in [-0.2, -0.15) is 0 Å². The Morgan fingerprint density at radius 3 is 2.52 bits per heavy atom. The largest absolute Gasteiger partial charge is 0.481 e. The highest BCUT2D eigenvalue weighted by molar-refractivity contribution is 6.38. The molecule has 0 saturated carbocycles. The second-order valence-corrected chi connectivity index (χ2v) is 5.99. The van der Waals surface area contributed by atoms with Crippen LogP contribution in [0.25, 0.3) is 10.9 Å². The molecule has 1 aromatic carbocycles. The minimum Gasteiger partial charge on any atom is -0.481 e. The summed E-state index contributed by atoms with van der Waals surface area (Å²) in [5, 5.41) is 12.9. The summed E-state index contributed by atoms with van der Waals surface area (Å²) in [6.45, 7) is 3.14. The predicted molar refractivity (Wildman–Crippen MR) is 81.7 cm³/mol. The van der Waals surface area contributed by atoms with Gasteiger partial charge in [-0.05, 0) is 19.9 Å². The lowest BCUT2D eigenvalue weighted by Crippen LogP contribution is -2.39. The summed E-state index contributed by atoms with van der Waals surface area (Å²) >= 11 is 6.27. The van der Waals surface area contributed by atoms with Crippen molar-refractivity contribution in [2.24, 2.45) is 12.5 Å². The third-order valence-electron chi connectivity index (χ3n) is 3.53. The average molecular weight is 309 g/mol. The highest BCUT2D eigenvalue weighted by Crippen LogP contribution is 2.29. The van der Waals surface area contributed by atoms with Crippen LogP contribution in [-0.2, 0) is 11.8 Å². The number of carbonyl (C=O) groups is 2. The molecule has 0 aliphatic rings. The van der Waals surface area contributed by atoms with Gasteiger partial charge < -0.3 is 15.0 Å². The van der Waals surface area contributed by atoms with Crippen molar-refractivity contribution < 1.29 is 14.7 Å². The number of amides is 1. The smallest absolute Gasteiger partial charge is 0.310 e. The predicted octanol–water partition coefficient (Wildman–Crippen LogP) is 2.67. The van der Waals surface area contributed by atoms with Gasteiger partial charge >= 0.3 is 5.97 Å². The van der Waals surface area contributed by atoms with Crippen LogP contribution in [0.2, 0.25) is 5.02 Å². The average Bonchev–Trinajstić information content (AvgIpc) is 2.69. The van der Waals surface area contributed by atoms with E-state index in [1.165, 1.54) is 0 Å². The molecule has 5 nitrogen and oxygen atoms in total. The highest BCUT2D eigenvalue weighted by Gasteiger charge is 2.29. The fourth-order valence-electron chi connectivity index (χ4n) is 2.06. The summed E-state index contributed by atoms with van der Waals surface area (Å²) in [7, 11) is 1.76. The summed E-state index contributed by atoms with van der Waals surface area (Å²) in [6, 6.07) is 7.44. The molecule has 2 aromatic rings. The van der Waals surface area contributed by atoms with Gasteiger partial charge in [0.1, 0.15) is 5.69 Å². The lowest BCUT2D eigenvalue weighted by molar-refractivity contribution is -0.146. The molecule has 0 aliphatic heterocycles. The van der Waals surface area contributed by atoms with E-state index in [-0.39, 0.29) is 12.5 Å². The van der Waals surface area contributed by atoms with E-state index in [9.17, 15) is 9.59 Å². The van der Waals surface area contributed by atoms with Crippen molar-refractivity contribution in [1.82, 2.24) is 9.88 Å². The molecule has 2 N–H and O–H groups in total. The topological polar surface area (TPSA) is 71.3 Å². The summed E-state index contributed by atoms with van der Waals surface area (Å²) in [4.78, 5) is 23.4. The normalized spacial score (nSPS) is 11.6. The second kappa shape index (κ2) is 5.41. The van der Waals surface area contributed by atoms with Crippen molar-refractivity contribution in [3.63, 3.8) is 0 Å². The number of carbonyl (C=O) groups excluding carboxylic acids is 1. The first-order valence-corrected chi connectivity index (χ1v) is 6.88. The van der Waals surface area contributed by atoms with Gasteiger partial charge in [-0.15, -0.1) is 0 Å². The number of carboxylic acids is 1. The molecular formula is C15H17ClN2O3. The van der Waals surface area contributed by atoms with Gasteiger partial charge in [-0.1, -0.05) is 29.8 Å². The van der Waals surface area contributed by atoms with Gasteiger partial charge in [0.15, 0.2) is 0 Å². The number of halogens is 1. The third-order valence-corrected chi connectivity index (χ3v) is 3.91. The Labute approximate surface area is 127 Å². The Morgan fingerprint density at radius 2 is 1.95 bits per heavy atom. The second-order valence-electron chi connectivity index (χ2n) is 5.61. The zero-order valence-electron chi connectivity index (χ0n) is 12.1. The van der Waals surface area contributed by atoms with E-state index in [0.29, 0.717) is 10.7 Å². The van der Waals surface area contributed by atoms with Crippen molar-refractivity contribution in [2.45, 2.75) is 13.8 Å². The highest BCUT2D eigenvalue weighted by atomic mass is 35.5. The Morgan fingerprint density at radius 1 is 1.33 bits per heavy atom. The quantitative estimate of drug-likeness (QED) is 0.912. The van der Waals surface area contributed by atoms with Gasteiger partial charge in [-0.25, -0.2) is 0 Å². The fraction of sp³-hybridized carbons (Fsp3) is 0.333. The van der Waals surface area contributed by atoms with Crippen molar-refractivity contribution in [3.8, 4) is 0 Å². The number of hydrogen-bond acceptors (Lipinski definition) is 2. The number of nitrogens with one attached hydrogen (secondary N) is 1. The van der Waals surface area contributed by atoms with Gasteiger partial charge in [0, 0.05) is 24.5 Å². The van der Waals surface area contributed by atoms with Gasteiger partial charge in [0.2, 0.25) is 0 Å². The van der Waals surface area contributed by atoms with Crippen LogP contribution >= 0.6 is 11.6 Å². The maximum atomic E-state index is 12.3. The monoisotopic (exact) mass is 308 g/mol. The first-order valence-electron chi connectivity index (χ1n) is 6.50. The molecule has 0 saturated heterocycles. The molecule has 21 heavy (non-hydrogen) atoms. The van der Waals surface area contributed by atoms with Crippen LogP contribution in [0.15, 0.2) is 24.3 Å². The van der Waals surface area contributed by atoms with E-state index in [4.69, 9.17) is 16.7 Å². The maximum Gasteiger partial charge on any atom is 0.310 e. The van der Waals surface area contributed by atoms with Crippen molar-refractivity contribution in [3.05, 3.63) is 35.0 Å². The molecule has 1 amide bonds. The van der Waals surface area contributed by atoms with Crippen molar-refractivity contribution >= 4 is 34.4 Å². The summed E-state index contributed by atoms with van der Waals surface area (Å²) in [6.07, 6.45) is 0. The zero-order chi connectivity index (χ0) is 15.8. The van der Waals surface area contributed by atoms with Gasteiger partial charge in [0.25, 0.3) is 5.91 Å². The van der Waals surface area contributed by atoms with Crippen LogP contribution in [0.5, 0.6) is 0 Å². The van der Waals surface area contributed by atoms with Crippen LogP contribution in [-0.4, -0.2) is 28.1 Å². The van der Waals surface area contributed by atoms with E-state index >= 15 is 0 Å². The third kappa shape index (κ3) is 2.74. The number of benzene rings is 1. The number of aromatic nitrogens is 1. The molecule has 2 rings (SSSR count). The summed E-state index contributed by atoms with van der Waals surface area (Å²) in [5.41, 5.74) is 0.149. The molecule has 0 fully saturated rings. The van der Waals surface area contributed by atoms with Gasteiger partial charge in [0.05, 0.1) is 10.4 Å². The first-order chi connectivity index (χ1) is 9.75. The first kappa shape index (κ1) is 15.4. The molecule has 1 aromatic heterocycles. The molecule has 0 radical (unpaired) electrons. The molecule has 0 spiro atoms. The SMILES string of the molecule is Cn1c(C(=O)NCC(C)(C)C(=O)O)c(Cl)c2ccccc21. The molecular weight excluding hydrogens is 292 g/mol. The minimum absolute atomic E-state index is 0.0268. The van der Waals surface area contributed by atoms with E-state index < -0.39 is 11.4 Å². The standard InChI is InChI=1S/C15H17ClN2O3/c1-15(2,14(20)21)8-17-13(19)12-11(16)9-6-4-5-7-10(9)18(12)3/h4-7H,8H2,1-3H3,(H,17,19)(H,20,21). The lowest BCUT2D eigenvalue weighted by Gasteiger charge is -2.19. The van der Waals surface area contributed by atoms with Crippen LogP contribution in [0.4, 0.5) is 0 Å². The van der Waals surface area contributed by atoms with Crippen molar-refractivity contribution in [2.75, 3.05) is 6.54 Å². The molecule has 0 aliphatic carbocycles. The minimum atomic E-state index is -1.03. The fourth-order valence-corrected chi connectivity index (χ4v) is 2.43. The van der Waals surface area contributed by atoms with E-state index in [0.717, 1.165) is 10.9 Å². The van der Waals surface area contributed by atoms with Crippen LogP contribution in [0.1, 0.15) is 24.3 Å². The van der Waals surface area contributed by atoms with Gasteiger partial charge in [-0.3, -0.25) is 9.59 Å². The molecule has 1 heterocycles. The van der Waals surface area contributed by atoms with E-state index in [1.54, 1.807) is 25.5 Å². The van der Waals surface area contributed by atoms with Crippen LogP contribution in [0.3, 0.4) is 0 Å². The zero-order valence-corrected chi connectivity index (χ0v) is 12.9. The maximum absolute atomic E-state index is 12.3. The van der Waals surface area contributed by atoms with Crippen LogP contribution in [0, 0.1) is 5.41 Å². The number of aryl methyl sites for hydroxylation is 1. The Kier molecular flexibility index (Phi) is 3.96. The summed E-state index contributed by atoms with van der Waals surface area (Å²) in [5.74, 6) is -1.35. The number of fused-ring (bicyclic) bond motifs is 1. The molecule has 0 bridgehead atoms. The number of carboxylic acid groups (broad SMARTS) is 1. The number of aliphatic carboxylic acids is 1. The molecule has 0 unspecified atom stereocenters. The number of rotatable bonds is 4. The van der Waals surface area contributed by atoms with Crippen LogP contribution < -0.4 is 5.32 Å². The molecule has 0 atom stereocenters. The summed E-state index contributed by atoms with van der Waals surface area (Å²) < 4.78 is 1.71. The molecule has 6 heteroatoms. The number of nitrogens with zero attached hydrogens (tertiary/aromatic N) is 1. The van der Waals surface area contributed by atoms with E-state index in [2.05, 4.69) is 5.32 Å². The number of hydrogen-bond donors (Lipinski definition) is 2. The Balaban J connectivity index is 2.30. The number of para-hydroxylation sites is 1. The Bertz CT molecular complexity index is 680.